The number of nitrogens with one attached hydrogen (secondary N) is 1. The van der Waals surface area contributed by atoms with Crippen molar-refractivity contribution in [3.8, 4) is 11.1 Å². The molecule has 0 spiro atoms. The Morgan fingerprint density at radius 1 is 1.00 bits per heavy atom. The zero-order chi connectivity index (χ0) is 27.7. The van der Waals surface area contributed by atoms with E-state index in [1.807, 2.05) is 62.4 Å². The number of amides is 2. The molecule has 3 atom stereocenters. The van der Waals surface area contributed by atoms with Gasteiger partial charge in [-0.1, -0.05) is 43.3 Å². The second-order valence-corrected chi connectivity index (χ2v) is 10.3. The van der Waals surface area contributed by atoms with Crippen LogP contribution in [-0.2, 0) is 22.7 Å². The Bertz CT molecular complexity index is 1530. The molecule has 1 aliphatic rings. The predicted molar refractivity (Wildman–Crippen MR) is 148 cm³/mol. The highest BCUT2D eigenvalue weighted by Gasteiger charge is 2.42. The lowest BCUT2D eigenvalue weighted by atomic mass is 10.0. The zero-order valence-electron chi connectivity index (χ0n) is 22.6. The number of carbonyl (C=O) groups is 3. The fraction of sp³-hybridized carbons (Fsp3) is 0.333. The summed E-state index contributed by atoms with van der Waals surface area (Å²) >= 11 is 0. The average molecular weight is 525 g/mol. The molecule has 9 nitrogen and oxygen atoms in total. The van der Waals surface area contributed by atoms with Crippen LogP contribution in [0.5, 0.6) is 0 Å². The van der Waals surface area contributed by atoms with Crippen LogP contribution < -0.4 is 5.32 Å². The van der Waals surface area contributed by atoms with E-state index >= 15 is 0 Å². The summed E-state index contributed by atoms with van der Waals surface area (Å²) < 4.78 is 1.57. The van der Waals surface area contributed by atoms with Gasteiger partial charge in [0.05, 0.1) is 5.52 Å². The van der Waals surface area contributed by atoms with E-state index < -0.39 is 6.04 Å². The Hall–Kier alpha value is -4.40. The molecule has 0 unspecified atom stereocenters. The van der Waals surface area contributed by atoms with Gasteiger partial charge in [-0.25, -0.2) is 9.97 Å². The van der Waals surface area contributed by atoms with Crippen molar-refractivity contribution < 1.29 is 14.4 Å². The van der Waals surface area contributed by atoms with Gasteiger partial charge in [-0.3, -0.25) is 19.1 Å². The highest BCUT2D eigenvalue weighted by molar-refractivity contribution is 6.06. The van der Waals surface area contributed by atoms with Gasteiger partial charge in [0, 0.05) is 42.9 Å². The molecule has 1 aliphatic heterocycles. The summed E-state index contributed by atoms with van der Waals surface area (Å²) in [4.78, 5) is 49.6. The Balaban J connectivity index is 1.40. The van der Waals surface area contributed by atoms with Crippen molar-refractivity contribution in [3.05, 3.63) is 78.0 Å². The number of benzene rings is 2. The maximum Gasteiger partial charge on any atom is 0.245 e. The zero-order valence-corrected chi connectivity index (χ0v) is 22.6. The molecule has 9 heteroatoms. The Kier molecular flexibility index (Phi) is 7.24. The second-order valence-electron chi connectivity index (χ2n) is 10.3. The lowest BCUT2D eigenvalue weighted by molar-refractivity contribution is -0.140. The van der Waals surface area contributed by atoms with E-state index in [-0.39, 0.29) is 36.1 Å². The number of aryl methyl sites for hydroxylation is 1. The number of likely N-dealkylation sites (tertiary alicyclic amines) is 1. The van der Waals surface area contributed by atoms with Crippen LogP contribution in [0.1, 0.15) is 49.1 Å². The first-order valence-corrected chi connectivity index (χ1v) is 13.2. The van der Waals surface area contributed by atoms with Crippen LogP contribution >= 0.6 is 0 Å². The molecule has 5 rings (SSSR count). The summed E-state index contributed by atoms with van der Waals surface area (Å²) in [5.41, 5.74) is 3.65. The predicted octanol–water partition coefficient (Wildman–Crippen LogP) is 3.95. The van der Waals surface area contributed by atoms with Gasteiger partial charge in [-0.2, -0.15) is 5.10 Å². The van der Waals surface area contributed by atoms with Crippen LogP contribution in [0, 0.1) is 12.8 Å². The van der Waals surface area contributed by atoms with Crippen molar-refractivity contribution in [1.29, 1.82) is 0 Å². The maximum atomic E-state index is 13.7. The molecule has 1 fully saturated rings. The molecule has 4 aromatic rings. The minimum Gasteiger partial charge on any atom is -0.350 e. The number of nitrogens with zero attached hydrogens (tertiary/aromatic N) is 5. The van der Waals surface area contributed by atoms with Crippen molar-refractivity contribution in [2.24, 2.45) is 5.92 Å². The van der Waals surface area contributed by atoms with Gasteiger partial charge >= 0.3 is 0 Å². The monoisotopic (exact) mass is 524 g/mol. The van der Waals surface area contributed by atoms with E-state index in [2.05, 4.69) is 27.3 Å². The van der Waals surface area contributed by atoms with Gasteiger partial charge in [-0.05, 0) is 49.4 Å². The summed E-state index contributed by atoms with van der Waals surface area (Å²) in [5.74, 6) is 0.283. The van der Waals surface area contributed by atoms with E-state index in [9.17, 15) is 14.4 Å². The molecular formula is C30H32N6O3. The van der Waals surface area contributed by atoms with Crippen molar-refractivity contribution in [1.82, 2.24) is 30.0 Å². The number of fused-ring (bicyclic) bond motifs is 1. The van der Waals surface area contributed by atoms with E-state index in [4.69, 9.17) is 0 Å². The highest BCUT2D eigenvalue weighted by atomic mass is 16.2. The standard InChI is InChI=1S/C30H32N6O3/c1-18-12-27(30(39)33-14-22-8-6-5-7-9-22)36(19(18)2)28(38)17-35-26-11-10-23(24-15-31-21(4)32-16-24)13-25(26)29(34-35)20(3)37/h5-11,13,15-16,18-19,27H,12,14,17H2,1-4H3,(H,33,39)/t18-,19+,27-/m0/s1. The fourth-order valence-electron chi connectivity index (χ4n) is 5.25. The van der Waals surface area contributed by atoms with Crippen molar-refractivity contribution >= 4 is 28.5 Å². The minimum absolute atomic E-state index is 0.0731. The van der Waals surface area contributed by atoms with E-state index in [0.717, 1.165) is 16.7 Å². The number of aromatic nitrogens is 4. The van der Waals surface area contributed by atoms with Gasteiger partial charge in [-0.15, -0.1) is 0 Å². The first-order chi connectivity index (χ1) is 18.7. The molecule has 3 heterocycles. The summed E-state index contributed by atoms with van der Waals surface area (Å²) in [6.07, 6.45) is 4.07. The first-order valence-electron chi connectivity index (χ1n) is 13.2. The number of hydrogen-bond donors (Lipinski definition) is 1. The van der Waals surface area contributed by atoms with Crippen LogP contribution in [-0.4, -0.2) is 54.3 Å². The summed E-state index contributed by atoms with van der Waals surface area (Å²) in [7, 11) is 0. The number of ketones is 1. The third-order valence-electron chi connectivity index (χ3n) is 7.58. The first kappa shape index (κ1) is 26.2. The lowest BCUT2D eigenvalue weighted by Gasteiger charge is -2.28. The SMILES string of the molecule is CC(=O)c1nn(CC(=O)N2[C@H](C)[C@@H](C)C[C@H]2C(=O)NCc2ccccc2)c2ccc(-c3cnc(C)nc3)cc12. The quantitative estimate of drug-likeness (QED) is 0.367. The second kappa shape index (κ2) is 10.8. The summed E-state index contributed by atoms with van der Waals surface area (Å²) in [5, 5.41) is 8.18. The molecule has 1 N–H and O–H groups in total. The molecule has 39 heavy (non-hydrogen) atoms. The van der Waals surface area contributed by atoms with Crippen LogP contribution in [0.25, 0.3) is 22.0 Å². The largest absolute Gasteiger partial charge is 0.350 e. The number of rotatable bonds is 7. The van der Waals surface area contributed by atoms with Crippen LogP contribution in [0.4, 0.5) is 0 Å². The molecule has 200 valence electrons. The van der Waals surface area contributed by atoms with Gasteiger partial charge < -0.3 is 10.2 Å². The fourth-order valence-corrected chi connectivity index (χ4v) is 5.25. The topological polar surface area (TPSA) is 110 Å². The van der Waals surface area contributed by atoms with Crippen LogP contribution in [0.3, 0.4) is 0 Å². The number of hydrogen-bond acceptors (Lipinski definition) is 6. The van der Waals surface area contributed by atoms with E-state index in [1.165, 1.54) is 6.92 Å². The molecule has 0 bridgehead atoms. The summed E-state index contributed by atoms with van der Waals surface area (Å²) in [6.45, 7) is 7.65. The Labute approximate surface area is 227 Å². The third-order valence-corrected chi connectivity index (χ3v) is 7.58. The third kappa shape index (κ3) is 5.30. The van der Waals surface area contributed by atoms with E-state index in [0.29, 0.717) is 35.4 Å². The molecule has 1 saturated heterocycles. The van der Waals surface area contributed by atoms with Crippen molar-refractivity contribution in [2.45, 2.75) is 59.3 Å². The molecule has 2 amide bonds. The van der Waals surface area contributed by atoms with Gasteiger partial charge in [0.2, 0.25) is 11.8 Å². The van der Waals surface area contributed by atoms with Crippen molar-refractivity contribution in [2.75, 3.05) is 0 Å². The average Bonchev–Trinajstić information content (AvgIpc) is 3.44. The number of carbonyl (C=O) groups excluding carboxylic acids is 3. The Morgan fingerprint density at radius 2 is 1.72 bits per heavy atom. The maximum absolute atomic E-state index is 13.7. The van der Waals surface area contributed by atoms with Crippen LogP contribution in [0.15, 0.2) is 60.9 Å². The molecule has 2 aromatic carbocycles. The van der Waals surface area contributed by atoms with Crippen LogP contribution in [0.2, 0.25) is 0 Å². The highest BCUT2D eigenvalue weighted by Crippen LogP contribution is 2.31. The van der Waals surface area contributed by atoms with Gasteiger partial charge in [0.25, 0.3) is 0 Å². The molecule has 2 aromatic heterocycles. The van der Waals surface area contributed by atoms with E-state index in [1.54, 1.807) is 22.0 Å². The lowest BCUT2D eigenvalue weighted by Crippen LogP contribution is -2.49. The molecular weight excluding hydrogens is 492 g/mol. The normalized spacial score (nSPS) is 18.9. The van der Waals surface area contributed by atoms with Crippen molar-refractivity contribution in [3.63, 3.8) is 0 Å². The number of Topliss-reactive ketones (excluding diaryl/α,β-unsaturated/α-hetero) is 1. The molecule has 0 radical (unpaired) electrons. The molecule has 0 saturated carbocycles. The Morgan fingerprint density at radius 3 is 2.41 bits per heavy atom. The molecule has 0 aliphatic carbocycles. The smallest absolute Gasteiger partial charge is 0.245 e. The van der Waals surface area contributed by atoms with Gasteiger partial charge in [0.1, 0.15) is 24.1 Å². The minimum atomic E-state index is -0.562. The summed E-state index contributed by atoms with van der Waals surface area (Å²) in [6, 6.07) is 14.7. The van der Waals surface area contributed by atoms with Gasteiger partial charge in [0.15, 0.2) is 5.78 Å².